The van der Waals surface area contributed by atoms with Crippen LogP contribution in [0.4, 0.5) is 17.1 Å². The monoisotopic (exact) mass is 785 g/mol. The van der Waals surface area contributed by atoms with E-state index in [-0.39, 0.29) is 0 Å². The number of benzene rings is 11. The number of nitrogens with zero attached hydrogens (tertiary/aromatic N) is 1. The largest absolute Gasteiger partial charge is 0.309 e. The molecule has 1 spiro atoms. The van der Waals surface area contributed by atoms with Gasteiger partial charge in [0.2, 0.25) is 0 Å². The van der Waals surface area contributed by atoms with Gasteiger partial charge >= 0.3 is 0 Å². The first-order valence-corrected chi connectivity index (χ1v) is 21.6. The first kappa shape index (κ1) is 34.8. The summed E-state index contributed by atoms with van der Waals surface area (Å²) in [6.07, 6.45) is 0. The molecule has 1 nitrogen and oxygen atoms in total. The van der Waals surface area contributed by atoms with Crippen molar-refractivity contribution in [2.75, 3.05) is 4.90 Å². The molecular formula is C61H39N. The molecule has 11 aromatic carbocycles. The van der Waals surface area contributed by atoms with Crippen molar-refractivity contribution in [3.8, 4) is 44.5 Å². The summed E-state index contributed by atoms with van der Waals surface area (Å²) in [6.45, 7) is 0. The van der Waals surface area contributed by atoms with E-state index in [4.69, 9.17) is 0 Å². The van der Waals surface area contributed by atoms with Crippen molar-refractivity contribution in [1.82, 2.24) is 0 Å². The average Bonchev–Trinajstić information content (AvgIpc) is 3.82. The van der Waals surface area contributed by atoms with Gasteiger partial charge in [-0.05, 0) is 112 Å². The molecule has 0 radical (unpaired) electrons. The molecule has 0 heterocycles. The predicted octanol–water partition coefficient (Wildman–Crippen LogP) is 16.3. The van der Waals surface area contributed by atoms with Gasteiger partial charge in [0.05, 0.1) is 16.8 Å². The Hall–Kier alpha value is -8.00. The maximum atomic E-state index is 2.59. The van der Waals surface area contributed by atoms with Crippen LogP contribution in [0.5, 0.6) is 0 Å². The SMILES string of the molecule is c1ccc(-c2ccc(-c3ccccc3)c(N(c3ccc4c5ccccc5c5ccccc5c4c3)c3cccc4c3C3(c5ccccc5-c5ccccc53)c3ccccc3-4)c2)cc1. The van der Waals surface area contributed by atoms with E-state index in [1.165, 1.54) is 99.1 Å². The molecule has 0 N–H and O–H groups in total. The van der Waals surface area contributed by atoms with Gasteiger partial charge in [0, 0.05) is 16.8 Å². The highest BCUT2D eigenvalue weighted by Gasteiger charge is 2.53. The highest BCUT2D eigenvalue weighted by atomic mass is 15.1. The summed E-state index contributed by atoms with van der Waals surface area (Å²) in [5, 5.41) is 7.56. The molecule has 0 aliphatic heterocycles. The molecule has 2 aliphatic rings. The molecule has 1 heteroatoms. The average molecular weight is 786 g/mol. The number of hydrogen-bond acceptors (Lipinski definition) is 1. The predicted molar refractivity (Wildman–Crippen MR) is 261 cm³/mol. The van der Waals surface area contributed by atoms with Crippen LogP contribution in [0.3, 0.4) is 0 Å². The normalized spacial score (nSPS) is 13.0. The molecule has 62 heavy (non-hydrogen) atoms. The zero-order valence-corrected chi connectivity index (χ0v) is 34.0. The number of fused-ring (bicyclic) bond motifs is 16. The van der Waals surface area contributed by atoms with Crippen molar-refractivity contribution in [1.29, 1.82) is 0 Å². The Kier molecular flexibility index (Phi) is 7.59. The van der Waals surface area contributed by atoms with E-state index in [1.54, 1.807) is 0 Å². The zero-order chi connectivity index (χ0) is 40.8. The Morgan fingerprint density at radius 1 is 0.258 bits per heavy atom. The third-order valence-corrected chi connectivity index (χ3v) is 13.6. The third kappa shape index (κ3) is 4.85. The van der Waals surface area contributed by atoms with E-state index in [2.05, 4.69) is 241 Å². The van der Waals surface area contributed by atoms with Crippen LogP contribution in [0.25, 0.3) is 76.8 Å². The van der Waals surface area contributed by atoms with Crippen LogP contribution in [-0.4, -0.2) is 0 Å². The summed E-state index contributed by atoms with van der Waals surface area (Å²) in [6, 6.07) is 88.1. The summed E-state index contributed by atoms with van der Waals surface area (Å²) in [5.74, 6) is 0. The second-order valence-electron chi connectivity index (χ2n) is 16.7. The van der Waals surface area contributed by atoms with Gasteiger partial charge in [0.1, 0.15) is 0 Å². The summed E-state index contributed by atoms with van der Waals surface area (Å²) < 4.78 is 0. The Balaban J connectivity index is 1.19. The van der Waals surface area contributed by atoms with Crippen molar-refractivity contribution in [2.24, 2.45) is 0 Å². The molecule has 0 saturated heterocycles. The third-order valence-electron chi connectivity index (χ3n) is 13.6. The van der Waals surface area contributed by atoms with Crippen molar-refractivity contribution >= 4 is 49.4 Å². The fourth-order valence-corrected chi connectivity index (χ4v) is 11.2. The molecule has 0 atom stereocenters. The maximum absolute atomic E-state index is 2.59. The first-order chi connectivity index (χ1) is 30.8. The maximum Gasteiger partial charge on any atom is 0.0746 e. The van der Waals surface area contributed by atoms with E-state index in [9.17, 15) is 0 Å². The van der Waals surface area contributed by atoms with Crippen LogP contribution >= 0.6 is 0 Å². The molecule has 0 saturated carbocycles. The molecule has 0 bridgehead atoms. The lowest BCUT2D eigenvalue weighted by atomic mass is 9.70. The Morgan fingerprint density at radius 2 is 0.726 bits per heavy atom. The molecule has 2 aliphatic carbocycles. The minimum atomic E-state index is -0.544. The van der Waals surface area contributed by atoms with Crippen LogP contribution in [-0.2, 0) is 5.41 Å². The molecule has 288 valence electrons. The van der Waals surface area contributed by atoms with Crippen molar-refractivity contribution < 1.29 is 0 Å². The van der Waals surface area contributed by atoms with Crippen LogP contribution in [0.2, 0.25) is 0 Å². The summed E-state index contributed by atoms with van der Waals surface area (Å²) in [5.41, 5.74) is 18.0. The van der Waals surface area contributed by atoms with Gasteiger partial charge in [-0.15, -0.1) is 0 Å². The van der Waals surface area contributed by atoms with Gasteiger partial charge in [0.15, 0.2) is 0 Å². The van der Waals surface area contributed by atoms with Crippen LogP contribution in [0.1, 0.15) is 22.3 Å². The van der Waals surface area contributed by atoms with E-state index in [0.29, 0.717) is 0 Å². The van der Waals surface area contributed by atoms with Gasteiger partial charge in [-0.2, -0.15) is 0 Å². The molecule has 0 fully saturated rings. The van der Waals surface area contributed by atoms with Gasteiger partial charge in [-0.3, -0.25) is 0 Å². The molecule has 13 rings (SSSR count). The zero-order valence-electron chi connectivity index (χ0n) is 34.0. The minimum Gasteiger partial charge on any atom is -0.309 e. The second-order valence-corrected chi connectivity index (χ2v) is 16.7. The molecular weight excluding hydrogens is 747 g/mol. The number of anilines is 3. The second kappa shape index (κ2) is 13.5. The van der Waals surface area contributed by atoms with E-state index in [1.807, 2.05) is 0 Å². The topological polar surface area (TPSA) is 3.24 Å². The fraction of sp³-hybridized carbons (Fsp3) is 0.0164. The van der Waals surface area contributed by atoms with Gasteiger partial charge in [-0.1, -0.05) is 212 Å². The van der Waals surface area contributed by atoms with E-state index < -0.39 is 5.41 Å². The van der Waals surface area contributed by atoms with Gasteiger partial charge in [0.25, 0.3) is 0 Å². The molecule has 0 amide bonds. The Labute approximate surface area is 361 Å². The summed E-state index contributed by atoms with van der Waals surface area (Å²) in [7, 11) is 0. The summed E-state index contributed by atoms with van der Waals surface area (Å²) in [4.78, 5) is 2.59. The molecule has 0 aromatic heterocycles. The first-order valence-electron chi connectivity index (χ1n) is 21.6. The standard InChI is InChI=1S/C61H39N/c1-3-18-40(19-4-1)42-34-36-44(41-20-5-2-6-21-41)59(38-42)62(43-35-37-49-47-24-8-7-22-45(47)46-23-9-10-25-48(46)54(49)39-43)58-33-17-29-53-52-28-13-16-32-57(52)61(60(53)58)55-30-14-11-26-50(55)51-27-12-15-31-56(51)61/h1-39H. The summed E-state index contributed by atoms with van der Waals surface area (Å²) >= 11 is 0. The molecule has 0 unspecified atom stereocenters. The van der Waals surface area contributed by atoms with Crippen LogP contribution in [0, 0.1) is 0 Å². The van der Waals surface area contributed by atoms with Crippen LogP contribution in [0.15, 0.2) is 237 Å². The van der Waals surface area contributed by atoms with Crippen LogP contribution < -0.4 is 4.90 Å². The van der Waals surface area contributed by atoms with Crippen molar-refractivity contribution in [2.45, 2.75) is 5.41 Å². The quantitative estimate of drug-likeness (QED) is 0.157. The van der Waals surface area contributed by atoms with Gasteiger partial charge in [-0.25, -0.2) is 0 Å². The number of hydrogen-bond donors (Lipinski definition) is 0. The fourth-order valence-electron chi connectivity index (χ4n) is 11.2. The minimum absolute atomic E-state index is 0.544. The van der Waals surface area contributed by atoms with E-state index in [0.717, 1.165) is 17.1 Å². The Bertz CT molecular complexity index is 3480. The van der Waals surface area contributed by atoms with Crippen molar-refractivity contribution in [3.05, 3.63) is 259 Å². The molecule has 11 aromatic rings. The van der Waals surface area contributed by atoms with Gasteiger partial charge < -0.3 is 4.90 Å². The van der Waals surface area contributed by atoms with E-state index >= 15 is 0 Å². The van der Waals surface area contributed by atoms with Crippen molar-refractivity contribution in [3.63, 3.8) is 0 Å². The smallest absolute Gasteiger partial charge is 0.0746 e. The highest BCUT2D eigenvalue weighted by Crippen LogP contribution is 2.65. The Morgan fingerprint density at radius 3 is 1.32 bits per heavy atom. The highest BCUT2D eigenvalue weighted by molar-refractivity contribution is 6.26. The lowest BCUT2D eigenvalue weighted by Crippen LogP contribution is -2.28. The lowest BCUT2D eigenvalue weighted by molar-refractivity contribution is 0.793. The lowest BCUT2D eigenvalue weighted by Gasteiger charge is -2.36. The number of rotatable bonds is 5.